The second kappa shape index (κ2) is 10.1. The Morgan fingerprint density at radius 1 is 0.857 bits per heavy atom. The molecule has 1 aliphatic rings. The van der Waals surface area contributed by atoms with Gasteiger partial charge < -0.3 is 10.6 Å². The van der Waals surface area contributed by atoms with Gasteiger partial charge in [0.15, 0.2) is 10.3 Å². The average Bonchev–Trinajstić information content (AvgIpc) is 3.51. The van der Waals surface area contributed by atoms with Gasteiger partial charge in [-0.3, -0.25) is 4.99 Å². The Balaban J connectivity index is 1.03. The predicted octanol–water partition coefficient (Wildman–Crippen LogP) is 7.23. The van der Waals surface area contributed by atoms with Gasteiger partial charge in [-0.25, -0.2) is 4.98 Å². The molecule has 0 radical (unpaired) electrons. The molecule has 5 aromatic rings. The maximum atomic E-state index is 4.96. The van der Waals surface area contributed by atoms with Crippen LogP contribution in [0.15, 0.2) is 96.0 Å². The van der Waals surface area contributed by atoms with Crippen molar-refractivity contribution in [2.45, 2.75) is 18.9 Å². The summed E-state index contributed by atoms with van der Waals surface area (Å²) < 4.78 is 1.22. The molecule has 0 spiro atoms. The second-order valence-electron chi connectivity index (χ2n) is 8.73. The maximum Gasteiger partial charge on any atom is 0.183 e. The summed E-state index contributed by atoms with van der Waals surface area (Å²) in [6.45, 7) is 0.866. The molecule has 35 heavy (non-hydrogen) atoms. The Bertz CT molecular complexity index is 1450. The number of benzene rings is 4. The number of hydrogen-bond donors (Lipinski definition) is 2. The van der Waals surface area contributed by atoms with Crippen molar-refractivity contribution in [2.75, 3.05) is 22.9 Å². The summed E-state index contributed by atoms with van der Waals surface area (Å²) in [6.07, 6.45) is 1.93. The van der Waals surface area contributed by atoms with Crippen molar-refractivity contribution in [3.63, 3.8) is 0 Å². The molecule has 4 nitrogen and oxygen atoms in total. The van der Waals surface area contributed by atoms with Crippen LogP contribution in [-0.2, 0) is 12.8 Å². The third kappa shape index (κ3) is 5.19. The van der Waals surface area contributed by atoms with Crippen LogP contribution in [0.5, 0.6) is 0 Å². The zero-order valence-corrected chi connectivity index (χ0v) is 20.9. The van der Waals surface area contributed by atoms with Crippen LogP contribution in [-0.4, -0.2) is 28.5 Å². The van der Waals surface area contributed by atoms with Gasteiger partial charge in [-0.15, -0.1) is 0 Å². The average molecular weight is 495 g/mol. The van der Waals surface area contributed by atoms with Crippen LogP contribution in [0.2, 0.25) is 0 Å². The number of nitrogens with zero attached hydrogens (tertiary/aromatic N) is 2. The molecule has 0 saturated heterocycles. The molecule has 0 bridgehead atoms. The van der Waals surface area contributed by atoms with Crippen molar-refractivity contribution >= 4 is 60.1 Å². The molecule has 6 rings (SSSR count). The van der Waals surface area contributed by atoms with Crippen LogP contribution < -0.4 is 10.6 Å². The van der Waals surface area contributed by atoms with E-state index in [0.717, 1.165) is 46.6 Å². The van der Waals surface area contributed by atoms with E-state index in [2.05, 4.69) is 101 Å². The summed E-state index contributed by atoms with van der Waals surface area (Å²) in [6, 6.07) is 32.4. The van der Waals surface area contributed by atoms with E-state index in [1.54, 1.807) is 11.3 Å². The van der Waals surface area contributed by atoms with E-state index in [0.29, 0.717) is 6.04 Å². The van der Waals surface area contributed by atoms with Gasteiger partial charge in [-0.1, -0.05) is 89.8 Å². The summed E-state index contributed by atoms with van der Waals surface area (Å²) in [5.74, 6) is 1.01. The number of thiazole rings is 1. The molecule has 0 aliphatic carbocycles. The molecule has 1 unspecified atom stereocenters. The standard InChI is InChI=1S/C29H26N4S2/c1-2-9-25-21(6-1)7-5-8-22(25)18-24-19-34-29(32-24)31-23-14-12-20(13-15-23)16-17-30-28-33-26-10-3-4-11-27(26)35-28/h1-15,24H,16-19H2,(H,30,33)(H,31,32). The van der Waals surface area contributed by atoms with E-state index in [4.69, 9.17) is 4.99 Å². The van der Waals surface area contributed by atoms with E-state index in [-0.39, 0.29) is 0 Å². The monoisotopic (exact) mass is 494 g/mol. The maximum absolute atomic E-state index is 4.96. The summed E-state index contributed by atoms with van der Waals surface area (Å²) in [7, 11) is 0. The van der Waals surface area contributed by atoms with Gasteiger partial charge >= 0.3 is 0 Å². The highest BCUT2D eigenvalue weighted by Gasteiger charge is 2.19. The van der Waals surface area contributed by atoms with E-state index in [9.17, 15) is 0 Å². The Kier molecular flexibility index (Phi) is 6.39. The first-order valence-electron chi connectivity index (χ1n) is 11.9. The van der Waals surface area contributed by atoms with Gasteiger partial charge in [-0.2, -0.15) is 0 Å². The SMILES string of the molecule is c1ccc2c(CC3CSC(Nc4ccc(CCNc5nc6ccccc6s5)cc4)=N3)cccc2c1. The van der Waals surface area contributed by atoms with Crippen LogP contribution >= 0.6 is 23.1 Å². The minimum atomic E-state index is 0.307. The van der Waals surface area contributed by atoms with E-state index < -0.39 is 0 Å². The van der Waals surface area contributed by atoms with Gasteiger partial charge in [0.05, 0.1) is 16.3 Å². The minimum Gasteiger partial charge on any atom is -0.361 e. The fraction of sp³-hybridized carbons (Fsp3) is 0.172. The van der Waals surface area contributed by atoms with Crippen LogP contribution in [0.4, 0.5) is 10.8 Å². The summed E-state index contributed by atoms with van der Waals surface area (Å²) in [4.78, 5) is 9.61. The third-order valence-electron chi connectivity index (χ3n) is 6.24. The summed E-state index contributed by atoms with van der Waals surface area (Å²) in [5.41, 5.74) is 4.83. The van der Waals surface area contributed by atoms with Crippen LogP contribution in [0, 0.1) is 0 Å². The first kappa shape index (κ1) is 22.1. The third-order valence-corrected chi connectivity index (χ3v) is 8.26. The van der Waals surface area contributed by atoms with Crippen LogP contribution in [0.25, 0.3) is 21.0 Å². The van der Waals surface area contributed by atoms with Crippen molar-refractivity contribution in [3.05, 3.63) is 102 Å². The Labute approximate surface area is 213 Å². The smallest absolute Gasteiger partial charge is 0.183 e. The topological polar surface area (TPSA) is 49.3 Å². The fourth-order valence-corrected chi connectivity index (χ4v) is 6.30. The first-order valence-corrected chi connectivity index (χ1v) is 13.7. The number of nitrogens with one attached hydrogen (secondary N) is 2. The summed E-state index contributed by atoms with van der Waals surface area (Å²) >= 11 is 3.52. The Hall–Kier alpha value is -3.35. The lowest BCUT2D eigenvalue weighted by Crippen LogP contribution is -2.09. The van der Waals surface area contributed by atoms with E-state index >= 15 is 0 Å². The number of anilines is 2. The molecule has 174 valence electrons. The number of hydrogen-bond acceptors (Lipinski definition) is 6. The molecule has 0 amide bonds. The van der Waals surface area contributed by atoms with Crippen molar-refractivity contribution in [1.29, 1.82) is 0 Å². The lowest BCUT2D eigenvalue weighted by atomic mass is 10.00. The van der Waals surface area contributed by atoms with Crippen LogP contribution in [0.3, 0.4) is 0 Å². The van der Waals surface area contributed by atoms with Crippen molar-refractivity contribution in [3.8, 4) is 0 Å². The van der Waals surface area contributed by atoms with Gasteiger partial charge in [0, 0.05) is 18.0 Å². The molecule has 2 N–H and O–H groups in total. The highest BCUT2D eigenvalue weighted by Crippen LogP contribution is 2.27. The molecule has 2 heterocycles. The lowest BCUT2D eigenvalue weighted by molar-refractivity contribution is 0.766. The summed E-state index contributed by atoms with van der Waals surface area (Å²) in [5, 5.41) is 11.6. The highest BCUT2D eigenvalue weighted by atomic mass is 32.2. The number of aromatic nitrogens is 1. The largest absolute Gasteiger partial charge is 0.361 e. The first-order chi connectivity index (χ1) is 17.3. The van der Waals surface area contributed by atoms with Gasteiger partial charge in [0.25, 0.3) is 0 Å². The van der Waals surface area contributed by atoms with Crippen LogP contribution in [0.1, 0.15) is 11.1 Å². The van der Waals surface area contributed by atoms with Gasteiger partial charge in [-0.05, 0) is 59.0 Å². The number of thioether (sulfide) groups is 1. The van der Waals surface area contributed by atoms with Crippen molar-refractivity contribution in [2.24, 2.45) is 4.99 Å². The van der Waals surface area contributed by atoms with E-state index in [1.807, 2.05) is 17.8 Å². The Morgan fingerprint density at radius 3 is 2.60 bits per heavy atom. The Morgan fingerprint density at radius 2 is 1.69 bits per heavy atom. The fourth-order valence-electron chi connectivity index (χ4n) is 4.45. The number of para-hydroxylation sites is 1. The zero-order valence-electron chi connectivity index (χ0n) is 19.3. The molecule has 0 fully saturated rings. The van der Waals surface area contributed by atoms with Crippen molar-refractivity contribution in [1.82, 2.24) is 4.98 Å². The normalized spacial score (nSPS) is 15.4. The molecule has 1 aromatic heterocycles. The molecule has 1 atom stereocenters. The molecular weight excluding hydrogens is 468 g/mol. The molecule has 0 saturated carbocycles. The van der Waals surface area contributed by atoms with Gasteiger partial charge in [0.2, 0.25) is 0 Å². The minimum absolute atomic E-state index is 0.307. The number of amidine groups is 1. The van der Waals surface area contributed by atoms with Crippen molar-refractivity contribution < 1.29 is 0 Å². The number of fused-ring (bicyclic) bond motifs is 2. The molecule has 1 aliphatic heterocycles. The molecule has 4 aromatic carbocycles. The second-order valence-corrected chi connectivity index (χ2v) is 10.8. The predicted molar refractivity (Wildman–Crippen MR) is 153 cm³/mol. The highest BCUT2D eigenvalue weighted by molar-refractivity contribution is 8.14. The zero-order chi connectivity index (χ0) is 23.5. The lowest BCUT2D eigenvalue weighted by Gasteiger charge is -2.09. The molecule has 6 heteroatoms. The van der Waals surface area contributed by atoms with Gasteiger partial charge in [0.1, 0.15) is 0 Å². The number of rotatable bonds is 7. The quantitative estimate of drug-likeness (QED) is 0.251. The van der Waals surface area contributed by atoms with E-state index in [1.165, 1.54) is 26.6 Å². The molecular formula is C29H26N4S2. The number of aliphatic imine (C=N–C) groups is 1.